The van der Waals surface area contributed by atoms with E-state index in [-0.39, 0.29) is 6.42 Å². The number of hydrogen-bond donors (Lipinski definition) is 1. The molecule has 0 aliphatic carbocycles. The van der Waals surface area contributed by atoms with Gasteiger partial charge in [-0.1, -0.05) is 13.3 Å². The zero-order chi connectivity index (χ0) is 9.72. The van der Waals surface area contributed by atoms with E-state index in [2.05, 4.69) is 0 Å². The standard InChI is InChI=1S/C7H10F2O3/c1-2-3-4(8)6(10)5(9)7(11)12/h4-5H,2-3H2,1H3,(H,11,12). The minimum atomic E-state index is -2.73. The molecule has 0 saturated heterocycles. The number of carboxylic acid groups (broad SMARTS) is 1. The van der Waals surface area contributed by atoms with Gasteiger partial charge in [-0.05, 0) is 6.42 Å². The van der Waals surface area contributed by atoms with Crippen molar-refractivity contribution in [1.29, 1.82) is 0 Å². The van der Waals surface area contributed by atoms with Crippen molar-refractivity contribution in [1.82, 2.24) is 0 Å². The Labute approximate surface area is 68.4 Å². The largest absolute Gasteiger partial charge is 0.479 e. The lowest BCUT2D eigenvalue weighted by Gasteiger charge is -2.05. The second kappa shape index (κ2) is 4.79. The van der Waals surface area contributed by atoms with Gasteiger partial charge in [-0.15, -0.1) is 0 Å². The molecule has 0 aromatic rings. The van der Waals surface area contributed by atoms with Crippen LogP contribution in [0.4, 0.5) is 8.78 Å². The molecule has 0 radical (unpaired) electrons. The third-order valence-electron chi connectivity index (χ3n) is 1.32. The summed E-state index contributed by atoms with van der Waals surface area (Å²) in [6, 6.07) is 0. The molecule has 0 saturated carbocycles. The molecule has 0 aromatic heterocycles. The van der Waals surface area contributed by atoms with Gasteiger partial charge in [-0.25, -0.2) is 13.6 Å². The Morgan fingerprint density at radius 2 is 1.92 bits per heavy atom. The zero-order valence-corrected chi connectivity index (χ0v) is 6.59. The molecule has 0 aliphatic rings. The third-order valence-corrected chi connectivity index (χ3v) is 1.32. The summed E-state index contributed by atoms with van der Waals surface area (Å²) >= 11 is 0. The molecule has 0 bridgehead atoms. The maximum atomic E-state index is 12.6. The molecule has 0 rings (SSSR count). The summed E-state index contributed by atoms with van der Waals surface area (Å²) in [6.07, 6.45) is -4.49. The van der Waals surface area contributed by atoms with Crippen molar-refractivity contribution in [3.63, 3.8) is 0 Å². The van der Waals surface area contributed by atoms with Gasteiger partial charge in [0.05, 0.1) is 0 Å². The van der Waals surface area contributed by atoms with Crippen LogP contribution in [-0.4, -0.2) is 29.2 Å². The van der Waals surface area contributed by atoms with Gasteiger partial charge >= 0.3 is 5.97 Å². The number of carbonyl (C=O) groups excluding carboxylic acids is 1. The number of hydrogen-bond acceptors (Lipinski definition) is 2. The summed E-state index contributed by atoms with van der Waals surface area (Å²) in [5.41, 5.74) is 0. The number of halogens is 2. The van der Waals surface area contributed by atoms with Crippen molar-refractivity contribution in [2.24, 2.45) is 0 Å². The highest BCUT2D eigenvalue weighted by Gasteiger charge is 2.31. The number of carbonyl (C=O) groups is 2. The predicted molar refractivity (Wildman–Crippen MR) is 37.3 cm³/mol. The molecular weight excluding hydrogens is 170 g/mol. The van der Waals surface area contributed by atoms with Crippen LogP contribution in [0.2, 0.25) is 0 Å². The van der Waals surface area contributed by atoms with Crippen LogP contribution >= 0.6 is 0 Å². The summed E-state index contributed by atoms with van der Waals surface area (Å²) in [4.78, 5) is 20.4. The molecule has 0 fully saturated rings. The fourth-order valence-corrected chi connectivity index (χ4v) is 0.676. The van der Waals surface area contributed by atoms with Crippen molar-refractivity contribution in [3.05, 3.63) is 0 Å². The number of ketones is 1. The Hall–Kier alpha value is -1.00. The van der Waals surface area contributed by atoms with Crippen LogP contribution in [0.3, 0.4) is 0 Å². The molecular formula is C7H10F2O3. The van der Waals surface area contributed by atoms with Crippen LogP contribution in [0.1, 0.15) is 19.8 Å². The minimum absolute atomic E-state index is 0.132. The molecule has 2 unspecified atom stereocenters. The minimum Gasteiger partial charge on any atom is -0.479 e. The van der Waals surface area contributed by atoms with Crippen molar-refractivity contribution in [2.75, 3.05) is 0 Å². The van der Waals surface area contributed by atoms with Crippen LogP contribution in [0.25, 0.3) is 0 Å². The fourth-order valence-electron chi connectivity index (χ4n) is 0.676. The van der Waals surface area contributed by atoms with Crippen molar-refractivity contribution in [3.8, 4) is 0 Å². The summed E-state index contributed by atoms with van der Waals surface area (Å²) in [7, 11) is 0. The van der Waals surface area contributed by atoms with E-state index in [4.69, 9.17) is 5.11 Å². The fraction of sp³-hybridized carbons (Fsp3) is 0.714. The summed E-state index contributed by atoms with van der Waals surface area (Å²) in [5.74, 6) is -3.43. The monoisotopic (exact) mass is 180 g/mol. The first-order chi connectivity index (χ1) is 5.50. The third kappa shape index (κ3) is 2.94. The van der Waals surface area contributed by atoms with E-state index in [9.17, 15) is 18.4 Å². The van der Waals surface area contributed by atoms with Gasteiger partial charge in [0.25, 0.3) is 6.17 Å². The van der Waals surface area contributed by atoms with Gasteiger partial charge in [0.15, 0.2) is 6.17 Å². The smallest absolute Gasteiger partial charge is 0.346 e. The van der Waals surface area contributed by atoms with Crippen LogP contribution in [0.15, 0.2) is 0 Å². The van der Waals surface area contributed by atoms with Crippen LogP contribution < -0.4 is 0 Å². The molecule has 0 amide bonds. The number of carboxylic acids is 1. The Morgan fingerprint density at radius 3 is 2.25 bits per heavy atom. The SMILES string of the molecule is CCCC(F)C(=O)C(F)C(=O)O. The van der Waals surface area contributed by atoms with Gasteiger partial charge in [0, 0.05) is 0 Å². The van der Waals surface area contributed by atoms with E-state index in [1.807, 2.05) is 0 Å². The van der Waals surface area contributed by atoms with E-state index < -0.39 is 24.1 Å². The normalized spacial score (nSPS) is 15.2. The number of Topliss-reactive ketones (excluding diaryl/α,β-unsaturated/α-hetero) is 1. The van der Waals surface area contributed by atoms with Gasteiger partial charge in [0.1, 0.15) is 0 Å². The highest BCUT2D eigenvalue weighted by atomic mass is 19.1. The first-order valence-corrected chi connectivity index (χ1v) is 3.55. The van der Waals surface area contributed by atoms with E-state index in [1.165, 1.54) is 0 Å². The summed E-state index contributed by atoms with van der Waals surface area (Å²) in [6.45, 7) is 1.62. The topological polar surface area (TPSA) is 54.4 Å². The maximum absolute atomic E-state index is 12.6. The lowest BCUT2D eigenvalue weighted by molar-refractivity contribution is -0.149. The van der Waals surface area contributed by atoms with Gasteiger partial charge < -0.3 is 5.11 Å². The lowest BCUT2D eigenvalue weighted by Crippen LogP contribution is -2.32. The van der Waals surface area contributed by atoms with Crippen LogP contribution in [0.5, 0.6) is 0 Å². The average molecular weight is 180 g/mol. The Kier molecular flexibility index (Phi) is 4.39. The molecule has 12 heavy (non-hydrogen) atoms. The predicted octanol–water partition coefficient (Wildman–Crippen LogP) is 1.12. The molecule has 0 heterocycles. The van der Waals surface area contributed by atoms with Crippen molar-refractivity contribution >= 4 is 11.8 Å². The Morgan fingerprint density at radius 1 is 1.42 bits per heavy atom. The second-order valence-corrected chi connectivity index (χ2v) is 2.36. The van der Waals surface area contributed by atoms with Crippen LogP contribution in [-0.2, 0) is 9.59 Å². The van der Waals surface area contributed by atoms with E-state index in [0.717, 1.165) is 0 Å². The summed E-state index contributed by atoms with van der Waals surface area (Å²) in [5, 5.41) is 8.01. The average Bonchev–Trinajstić information content (AvgIpc) is 2.02. The molecule has 0 spiro atoms. The molecule has 0 aliphatic heterocycles. The van der Waals surface area contributed by atoms with Gasteiger partial charge in [-0.3, -0.25) is 4.79 Å². The highest BCUT2D eigenvalue weighted by Crippen LogP contribution is 2.07. The van der Waals surface area contributed by atoms with Gasteiger partial charge in [-0.2, -0.15) is 0 Å². The zero-order valence-electron chi connectivity index (χ0n) is 6.59. The first-order valence-electron chi connectivity index (χ1n) is 3.55. The first kappa shape index (κ1) is 11.0. The van der Waals surface area contributed by atoms with Crippen LogP contribution in [0, 0.1) is 0 Å². The highest BCUT2D eigenvalue weighted by molar-refractivity contribution is 6.03. The van der Waals surface area contributed by atoms with E-state index >= 15 is 0 Å². The number of aliphatic carboxylic acids is 1. The van der Waals surface area contributed by atoms with Gasteiger partial charge in [0.2, 0.25) is 5.78 Å². The molecule has 1 N–H and O–H groups in total. The van der Waals surface area contributed by atoms with Crippen molar-refractivity contribution < 1.29 is 23.5 Å². The number of rotatable bonds is 5. The Balaban J connectivity index is 4.09. The van der Waals surface area contributed by atoms with E-state index in [1.54, 1.807) is 6.92 Å². The molecule has 70 valence electrons. The quantitative estimate of drug-likeness (QED) is 0.645. The number of alkyl halides is 2. The molecule has 5 heteroatoms. The van der Waals surface area contributed by atoms with Crippen molar-refractivity contribution in [2.45, 2.75) is 32.1 Å². The van der Waals surface area contributed by atoms with E-state index in [0.29, 0.717) is 6.42 Å². The molecule has 2 atom stereocenters. The second-order valence-electron chi connectivity index (χ2n) is 2.36. The molecule has 3 nitrogen and oxygen atoms in total. The Bertz CT molecular complexity index is 181. The summed E-state index contributed by atoms with van der Waals surface area (Å²) < 4.78 is 24.9. The maximum Gasteiger partial charge on any atom is 0.346 e. The lowest BCUT2D eigenvalue weighted by atomic mass is 10.1. The molecule has 0 aromatic carbocycles.